The van der Waals surface area contributed by atoms with E-state index in [0.717, 1.165) is 0 Å². The van der Waals surface area contributed by atoms with Crippen LogP contribution in [0.4, 0.5) is 19.3 Å². The van der Waals surface area contributed by atoms with E-state index in [9.17, 15) is 13.6 Å². The minimum Gasteiger partial charge on any atom is -0.494 e. The average Bonchev–Trinajstić information content (AvgIpc) is 2.87. The molecule has 0 unspecified atom stereocenters. The van der Waals surface area contributed by atoms with Gasteiger partial charge in [0.25, 0.3) is 0 Å². The van der Waals surface area contributed by atoms with E-state index in [0.29, 0.717) is 45.0 Å². The van der Waals surface area contributed by atoms with Crippen LogP contribution in [0.1, 0.15) is 38.4 Å². The molecule has 1 spiro atoms. The summed E-state index contributed by atoms with van der Waals surface area (Å²) < 4.78 is 51.3. The summed E-state index contributed by atoms with van der Waals surface area (Å²) in [7, 11) is 1.28. The first-order valence-electron chi connectivity index (χ1n) is 12.4. The molecule has 204 valence electrons. The van der Waals surface area contributed by atoms with Gasteiger partial charge in [-0.2, -0.15) is 9.65 Å². The van der Waals surface area contributed by atoms with Gasteiger partial charge in [0, 0.05) is 38.2 Å². The number of ether oxygens (including phenoxy) is 4. The fraction of sp³-hybridized carbons (Fsp3) is 0.519. The zero-order valence-corrected chi connectivity index (χ0v) is 22.0. The number of likely N-dealkylation sites (tertiary alicyclic amines) is 1. The number of hydrogen-bond donors (Lipinski definition) is 0. The number of carbonyl (C=O) groups excluding carboxylic acids is 1. The van der Waals surface area contributed by atoms with Crippen molar-refractivity contribution in [2.45, 2.75) is 45.6 Å². The maximum atomic E-state index is 14.7. The van der Waals surface area contributed by atoms with Gasteiger partial charge in [-0.15, -0.1) is 0 Å². The first-order chi connectivity index (χ1) is 18.0. The van der Waals surface area contributed by atoms with Crippen LogP contribution in [0.5, 0.6) is 5.75 Å². The lowest BCUT2D eigenvalue weighted by Gasteiger charge is -2.52. The topological polar surface area (TPSA) is 97.1 Å². The van der Waals surface area contributed by atoms with Crippen molar-refractivity contribution in [2.24, 2.45) is 5.41 Å². The standard InChI is InChI=1S/C27H32F2N4O5/c1-26(2,3)38-25(34)33-14-27(15-33)16-36-22(37-17-27)9-10-32(20-7-6-19(11-30)31-12-20)13-18-5-8-21(35-4)24(29)23(18)28/h5-8,12,22H,9-10,13-17H2,1-4H3. The molecule has 0 bridgehead atoms. The quantitative estimate of drug-likeness (QED) is 0.524. The molecule has 2 saturated heterocycles. The molecule has 3 heterocycles. The number of nitriles is 1. The van der Waals surface area contributed by atoms with Crippen LogP contribution in [-0.4, -0.2) is 67.8 Å². The Hall–Kier alpha value is -3.49. The van der Waals surface area contributed by atoms with Gasteiger partial charge in [-0.05, 0) is 39.0 Å². The van der Waals surface area contributed by atoms with Gasteiger partial charge in [0.05, 0.1) is 37.6 Å². The van der Waals surface area contributed by atoms with Gasteiger partial charge in [0.2, 0.25) is 5.82 Å². The van der Waals surface area contributed by atoms with E-state index >= 15 is 0 Å². The second kappa shape index (κ2) is 11.1. The first-order valence-corrected chi connectivity index (χ1v) is 12.4. The molecule has 1 aromatic carbocycles. The van der Waals surface area contributed by atoms with Crippen LogP contribution < -0.4 is 9.64 Å². The maximum absolute atomic E-state index is 14.7. The Labute approximate surface area is 220 Å². The monoisotopic (exact) mass is 530 g/mol. The molecule has 2 aliphatic rings. The maximum Gasteiger partial charge on any atom is 0.410 e. The molecule has 2 aromatic rings. The van der Waals surface area contributed by atoms with Crippen molar-refractivity contribution in [1.82, 2.24) is 9.88 Å². The summed E-state index contributed by atoms with van der Waals surface area (Å²) >= 11 is 0. The van der Waals surface area contributed by atoms with E-state index in [2.05, 4.69) is 4.98 Å². The van der Waals surface area contributed by atoms with E-state index in [1.807, 2.05) is 31.7 Å². The number of benzene rings is 1. The summed E-state index contributed by atoms with van der Waals surface area (Å²) in [5.74, 6) is -2.20. The van der Waals surface area contributed by atoms with Gasteiger partial charge in [-0.1, -0.05) is 6.07 Å². The van der Waals surface area contributed by atoms with Crippen molar-refractivity contribution in [2.75, 3.05) is 44.9 Å². The highest BCUT2D eigenvalue weighted by atomic mass is 19.2. The molecule has 2 fully saturated rings. The van der Waals surface area contributed by atoms with Crippen LogP contribution in [-0.2, 0) is 20.8 Å². The third-order valence-corrected chi connectivity index (χ3v) is 6.43. The molecule has 0 N–H and O–H groups in total. The lowest BCUT2D eigenvalue weighted by molar-refractivity contribution is -0.254. The van der Waals surface area contributed by atoms with Crippen molar-refractivity contribution in [1.29, 1.82) is 5.26 Å². The summed E-state index contributed by atoms with van der Waals surface area (Å²) in [5.41, 5.74) is 0.225. The molecule has 1 aromatic heterocycles. The first kappa shape index (κ1) is 27.5. The Kier molecular flexibility index (Phi) is 8.04. The van der Waals surface area contributed by atoms with Gasteiger partial charge in [0.1, 0.15) is 17.4 Å². The Morgan fingerprint density at radius 3 is 2.50 bits per heavy atom. The van der Waals surface area contributed by atoms with Gasteiger partial charge in [-0.3, -0.25) is 0 Å². The number of halogens is 2. The summed E-state index contributed by atoms with van der Waals surface area (Å²) in [5, 5.41) is 9.07. The average molecular weight is 531 g/mol. The van der Waals surface area contributed by atoms with Gasteiger partial charge in [0.15, 0.2) is 17.9 Å². The smallest absolute Gasteiger partial charge is 0.410 e. The highest BCUT2D eigenvalue weighted by Crippen LogP contribution is 2.36. The lowest BCUT2D eigenvalue weighted by Crippen LogP contribution is -2.65. The molecule has 11 heteroatoms. The van der Waals surface area contributed by atoms with Gasteiger partial charge < -0.3 is 28.7 Å². The summed E-state index contributed by atoms with van der Waals surface area (Å²) in [6.07, 6.45) is 1.13. The van der Waals surface area contributed by atoms with Crippen LogP contribution in [0.3, 0.4) is 0 Å². The number of methoxy groups -OCH3 is 1. The molecule has 1 amide bonds. The molecule has 9 nitrogen and oxygen atoms in total. The Bertz CT molecular complexity index is 1180. The van der Waals surface area contributed by atoms with E-state index in [1.165, 1.54) is 25.4 Å². The van der Waals surface area contributed by atoms with E-state index in [-0.39, 0.29) is 35.1 Å². The van der Waals surface area contributed by atoms with E-state index in [4.69, 9.17) is 24.2 Å². The van der Waals surface area contributed by atoms with Crippen molar-refractivity contribution in [3.05, 3.63) is 53.4 Å². The molecule has 0 radical (unpaired) electrons. The largest absolute Gasteiger partial charge is 0.494 e. The van der Waals surface area contributed by atoms with Crippen LogP contribution in [0.2, 0.25) is 0 Å². The van der Waals surface area contributed by atoms with E-state index in [1.54, 1.807) is 17.0 Å². The number of aromatic nitrogens is 1. The van der Waals surface area contributed by atoms with Crippen molar-refractivity contribution in [3.63, 3.8) is 0 Å². The second-order valence-corrected chi connectivity index (χ2v) is 10.7. The Morgan fingerprint density at radius 2 is 1.92 bits per heavy atom. The number of anilines is 1. The predicted molar refractivity (Wildman–Crippen MR) is 133 cm³/mol. The van der Waals surface area contributed by atoms with Crippen LogP contribution >= 0.6 is 0 Å². The highest BCUT2D eigenvalue weighted by molar-refractivity contribution is 5.69. The molecule has 0 aliphatic carbocycles. The molecular formula is C27H32F2N4O5. The third kappa shape index (κ3) is 6.31. The predicted octanol–water partition coefficient (Wildman–Crippen LogP) is 4.25. The minimum atomic E-state index is -1.05. The molecule has 0 saturated carbocycles. The van der Waals surface area contributed by atoms with Gasteiger partial charge >= 0.3 is 6.09 Å². The number of amides is 1. The van der Waals surface area contributed by atoms with Crippen molar-refractivity contribution >= 4 is 11.8 Å². The summed E-state index contributed by atoms with van der Waals surface area (Å²) in [4.78, 5) is 19.8. The molecule has 4 rings (SSSR count). The van der Waals surface area contributed by atoms with Crippen molar-refractivity contribution < 1.29 is 32.5 Å². The normalized spacial score (nSPS) is 17.0. The summed E-state index contributed by atoms with van der Waals surface area (Å²) in [6, 6.07) is 8.11. The van der Waals surface area contributed by atoms with E-state index < -0.39 is 23.5 Å². The zero-order chi connectivity index (χ0) is 27.5. The zero-order valence-electron chi connectivity index (χ0n) is 22.0. The second-order valence-electron chi connectivity index (χ2n) is 10.7. The number of rotatable bonds is 7. The van der Waals surface area contributed by atoms with Crippen LogP contribution in [0.15, 0.2) is 30.5 Å². The fourth-order valence-electron chi connectivity index (χ4n) is 4.45. The minimum absolute atomic E-state index is 0.0574. The lowest BCUT2D eigenvalue weighted by atomic mass is 9.81. The molecule has 2 aliphatic heterocycles. The van der Waals surface area contributed by atoms with Crippen LogP contribution in [0, 0.1) is 28.4 Å². The van der Waals surface area contributed by atoms with Crippen LogP contribution in [0.25, 0.3) is 0 Å². The summed E-state index contributed by atoms with van der Waals surface area (Å²) in [6.45, 7) is 7.81. The number of pyridine rings is 1. The number of carbonyl (C=O) groups is 1. The SMILES string of the molecule is COc1ccc(CN(CCC2OCC3(CO2)CN(C(=O)OC(C)(C)C)C3)c2ccc(C#N)nc2)c(F)c1F. The number of hydrogen-bond acceptors (Lipinski definition) is 8. The number of nitrogens with zero attached hydrogens (tertiary/aromatic N) is 4. The molecule has 0 atom stereocenters. The molecular weight excluding hydrogens is 498 g/mol. The van der Waals surface area contributed by atoms with Crippen molar-refractivity contribution in [3.8, 4) is 11.8 Å². The molecule has 38 heavy (non-hydrogen) atoms. The fourth-order valence-corrected chi connectivity index (χ4v) is 4.45. The van der Waals surface area contributed by atoms with Gasteiger partial charge in [-0.25, -0.2) is 14.2 Å². The third-order valence-electron chi connectivity index (χ3n) is 6.43. The Balaban J connectivity index is 1.37. The Morgan fingerprint density at radius 1 is 1.21 bits per heavy atom. The highest BCUT2D eigenvalue weighted by Gasteiger charge is 2.49.